The molecule has 110 valence electrons. The Balaban J connectivity index is 2.41. The Hall–Kier alpha value is -2.04. The molecule has 5 heteroatoms. The van der Waals surface area contributed by atoms with Gasteiger partial charge in [-0.25, -0.2) is 0 Å². The Morgan fingerprint density at radius 3 is 2.20 bits per heavy atom. The third kappa shape index (κ3) is 5.73. The van der Waals surface area contributed by atoms with Crippen molar-refractivity contribution in [3.63, 3.8) is 0 Å². The third-order valence-corrected chi connectivity index (χ3v) is 2.96. The zero-order valence-corrected chi connectivity index (χ0v) is 12.3. The molecule has 3 N–H and O–H groups in total. The summed E-state index contributed by atoms with van der Waals surface area (Å²) >= 11 is 0. The number of hydrogen-bond donors (Lipinski definition) is 3. The fourth-order valence-corrected chi connectivity index (χ4v) is 1.53. The van der Waals surface area contributed by atoms with Gasteiger partial charge in [-0.1, -0.05) is 13.8 Å². The number of rotatable bonds is 7. The van der Waals surface area contributed by atoms with Crippen molar-refractivity contribution in [2.75, 3.05) is 17.2 Å². The molecule has 0 aliphatic heterocycles. The van der Waals surface area contributed by atoms with Crippen LogP contribution in [0.4, 0.5) is 11.4 Å². The van der Waals surface area contributed by atoms with Crippen LogP contribution in [0.1, 0.15) is 33.6 Å². The van der Waals surface area contributed by atoms with E-state index < -0.39 is 0 Å². The fraction of sp³-hybridized carbons (Fsp3) is 0.467. The molecule has 5 nitrogen and oxygen atoms in total. The van der Waals surface area contributed by atoms with Crippen LogP contribution in [0.25, 0.3) is 0 Å². The molecular weight excluding hydrogens is 254 g/mol. The first-order valence-corrected chi connectivity index (χ1v) is 6.98. The summed E-state index contributed by atoms with van der Waals surface area (Å²) in [5, 5.41) is 8.70. The normalized spacial score (nSPS) is 11.6. The smallest absolute Gasteiger partial charge is 0.239 e. The Labute approximate surface area is 120 Å². The Morgan fingerprint density at radius 2 is 1.65 bits per heavy atom. The van der Waals surface area contributed by atoms with E-state index in [0.717, 1.165) is 17.8 Å². The Bertz CT molecular complexity index is 443. The lowest BCUT2D eigenvalue weighted by Crippen LogP contribution is -2.36. The second kappa shape index (κ2) is 8.19. The van der Waals surface area contributed by atoms with Crippen LogP contribution in [0.5, 0.6) is 0 Å². The van der Waals surface area contributed by atoms with Crippen LogP contribution in [0.3, 0.4) is 0 Å². The lowest BCUT2D eigenvalue weighted by atomic mass is 10.2. The Morgan fingerprint density at radius 1 is 1.05 bits per heavy atom. The van der Waals surface area contributed by atoms with E-state index in [4.69, 9.17) is 0 Å². The highest BCUT2D eigenvalue weighted by Crippen LogP contribution is 2.13. The Kier molecular flexibility index (Phi) is 6.56. The van der Waals surface area contributed by atoms with Crippen LogP contribution < -0.4 is 16.0 Å². The van der Waals surface area contributed by atoms with E-state index in [9.17, 15) is 9.59 Å². The van der Waals surface area contributed by atoms with Crippen molar-refractivity contribution in [2.45, 2.75) is 39.7 Å². The highest BCUT2D eigenvalue weighted by molar-refractivity contribution is 5.90. The van der Waals surface area contributed by atoms with Gasteiger partial charge >= 0.3 is 0 Å². The lowest BCUT2D eigenvalue weighted by molar-refractivity contribution is -0.120. The molecule has 0 saturated heterocycles. The van der Waals surface area contributed by atoms with E-state index in [-0.39, 0.29) is 24.4 Å². The third-order valence-electron chi connectivity index (χ3n) is 2.96. The number of anilines is 2. The topological polar surface area (TPSA) is 70.2 Å². The molecule has 0 aromatic heterocycles. The van der Waals surface area contributed by atoms with Gasteiger partial charge in [-0.15, -0.1) is 0 Å². The summed E-state index contributed by atoms with van der Waals surface area (Å²) in [5.74, 6) is -0.0404. The van der Waals surface area contributed by atoms with Crippen molar-refractivity contribution in [1.29, 1.82) is 0 Å². The van der Waals surface area contributed by atoms with Crippen LogP contribution in [0, 0.1) is 0 Å². The molecule has 0 aliphatic rings. The van der Waals surface area contributed by atoms with Crippen molar-refractivity contribution >= 4 is 23.2 Å². The molecule has 20 heavy (non-hydrogen) atoms. The maximum atomic E-state index is 11.6. The lowest BCUT2D eigenvalue weighted by Gasteiger charge is -2.12. The molecule has 0 spiro atoms. The zero-order chi connectivity index (χ0) is 15.0. The van der Waals surface area contributed by atoms with Gasteiger partial charge in [-0.2, -0.15) is 0 Å². The minimum Gasteiger partial charge on any atom is -0.376 e. The zero-order valence-electron chi connectivity index (χ0n) is 12.3. The fourth-order valence-electron chi connectivity index (χ4n) is 1.53. The maximum Gasteiger partial charge on any atom is 0.239 e. The van der Waals surface area contributed by atoms with E-state index >= 15 is 0 Å². The maximum absolute atomic E-state index is 11.6. The van der Waals surface area contributed by atoms with Crippen LogP contribution in [0.15, 0.2) is 24.3 Å². The second-order valence-electron chi connectivity index (χ2n) is 4.71. The average molecular weight is 277 g/mol. The predicted octanol–water partition coefficient (Wildman–Crippen LogP) is 2.36. The summed E-state index contributed by atoms with van der Waals surface area (Å²) in [6.07, 6.45) is 1.37. The van der Waals surface area contributed by atoms with Crippen LogP contribution in [-0.4, -0.2) is 24.4 Å². The molecule has 0 heterocycles. The summed E-state index contributed by atoms with van der Waals surface area (Å²) in [6.45, 7) is 6.05. The van der Waals surface area contributed by atoms with Gasteiger partial charge in [-0.3, -0.25) is 9.59 Å². The summed E-state index contributed by atoms with van der Waals surface area (Å²) in [4.78, 5) is 22.8. The molecule has 0 saturated carbocycles. The average Bonchev–Trinajstić information content (AvgIpc) is 2.46. The van der Waals surface area contributed by atoms with E-state index in [1.165, 1.54) is 0 Å². The molecule has 1 aromatic rings. The molecule has 0 fully saturated rings. The highest BCUT2D eigenvalue weighted by Gasteiger charge is 2.05. The molecule has 0 bridgehead atoms. The number of nitrogens with one attached hydrogen (secondary N) is 3. The van der Waals surface area contributed by atoms with Crippen molar-refractivity contribution in [2.24, 2.45) is 0 Å². The quantitative estimate of drug-likeness (QED) is 0.716. The highest BCUT2D eigenvalue weighted by atomic mass is 16.2. The van der Waals surface area contributed by atoms with Gasteiger partial charge in [0, 0.05) is 23.8 Å². The number of benzene rings is 1. The number of carbonyl (C=O) groups is 2. The van der Waals surface area contributed by atoms with Gasteiger partial charge in [0.05, 0.1) is 6.54 Å². The molecule has 1 rings (SSSR count). The van der Waals surface area contributed by atoms with E-state index in [1.807, 2.05) is 38.1 Å². The van der Waals surface area contributed by atoms with Gasteiger partial charge in [0.1, 0.15) is 0 Å². The van der Waals surface area contributed by atoms with Crippen LogP contribution >= 0.6 is 0 Å². The van der Waals surface area contributed by atoms with E-state index in [0.29, 0.717) is 6.42 Å². The minimum absolute atomic E-state index is 0.0151. The van der Waals surface area contributed by atoms with Gasteiger partial charge < -0.3 is 16.0 Å². The van der Waals surface area contributed by atoms with Gasteiger partial charge in [-0.05, 0) is 37.6 Å². The SMILES string of the molecule is CCC(=O)Nc1ccc(NCC(=O)NC(C)CC)cc1. The van der Waals surface area contributed by atoms with E-state index in [1.54, 1.807) is 6.92 Å². The van der Waals surface area contributed by atoms with Crippen molar-refractivity contribution in [1.82, 2.24) is 5.32 Å². The van der Waals surface area contributed by atoms with Crippen molar-refractivity contribution < 1.29 is 9.59 Å². The number of carbonyl (C=O) groups excluding carboxylic acids is 2. The van der Waals surface area contributed by atoms with Gasteiger partial charge in [0.25, 0.3) is 0 Å². The summed E-state index contributed by atoms with van der Waals surface area (Å²) in [5.41, 5.74) is 1.60. The van der Waals surface area contributed by atoms with Crippen LogP contribution in [-0.2, 0) is 9.59 Å². The van der Waals surface area contributed by atoms with Crippen molar-refractivity contribution in [3.05, 3.63) is 24.3 Å². The molecular formula is C15H23N3O2. The first-order valence-electron chi connectivity index (χ1n) is 6.98. The molecule has 1 aromatic carbocycles. The molecule has 0 aliphatic carbocycles. The van der Waals surface area contributed by atoms with Crippen molar-refractivity contribution in [3.8, 4) is 0 Å². The molecule has 0 radical (unpaired) electrons. The van der Waals surface area contributed by atoms with Gasteiger partial charge in [0.15, 0.2) is 0 Å². The number of hydrogen-bond acceptors (Lipinski definition) is 3. The summed E-state index contributed by atoms with van der Waals surface area (Å²) in [6, 6.07) is 7.48. The standard InChI is InChI=1S/C15H23N3O2/c1-4-11(3)17-15(20)10-16-12-6-8-13(9-7-12)18-14(19)5-2/h6-9,11,16H,4-5,10H2,1-3H3,(H,17,20)(H,18,19). The van der Waals surface area contributed by atoms with Crippen LogP contribution in [0.2, 0.25) is 0 Å². The minimum atomic E-state index is -0.0253. The molecule has 1 atom stereocenters. The molecule has 2 amide bonds. The monoisotopic (exact) mass is 277 g/mol. The second-order valence-corrected chi connectivity index (χ2v) is 4.71. The van der Waals surface area contributed by atoms with Gasteiger partial charge in [0.2, 0.25) is 11.8 Å². The molecule has 1 unspecified atom stereocenters. The summed E-state index contributed by atoms with van der Waals surface area (Å²) in [7, 11) is 0. The first-order chi connectivity index (χ1) is 9.55. The summed E-state index contributed by atoms with van der Waals surface area (Å²) < 4.78 is 0. The first kappa shape index (κ1) is 16.0. The number of amides is 2. The largest absolute Gasteiger partial charge is 0.376 e. The van der Waals surface area contributed by atoms with E-state index in [2.05, 4.69) is 16.0 Å². The predicted molar refractivity (Wildman–Crippen MR) is 81.7 cm³/mol.